The summed E-state index contributed by atoms with van der Waals surface area (Å²) < 4.78 is 4.74. The van der Waals surface area contributed by atoms with Crippen molar-refractivity contribution in [1.29, 1.82) is 5.53 Å². The van der Waals surface area contributed by atoms with Crippen LogP contribution >= 0.6 is 0 Å². The fraction of sp³-hybridized carbons (Fsp3) is 0.600. The van der Waals surface area contributed by atoms with E-state index in [1.54, 1.807) is 7.11 Å². The van der Waals surface area contributed by atoms with Crippen molar-refractivity contribution < 1.29 is 4.74 Å². The van der Waals surface area contributed by atoms with Crippen LogP contribution in [0.4, 0.5) is 0 Å². The van der Waals surface area contributed by atoms with Crippen LogP contribution in [0.15, 0.2) is 17.0 Å². The van der Waals surface area contributed by atoms with Gasteiger partial charge in [-0.05, 0) is 0 Å². The van der Waals surface area contributed by atoms with Crippen molar-refractivity contribution >= 4 is 0 Å². The quantitative estimate of drug-likeness (QED) is 0.552. The largest absolute Gasteiger partial charge is 0.403 e. The molecule has 0 unspecified atom stereocenters. The first-order valence-corrected chi connectivity index (χ1v) is 2.62. The van der Waals surface area contributed by atoms with Crippen molar-refractivity contribution in [1.82, 2.24) is 0 Å². The van der Waals surface area contributed by atoms with Gasteiger partial charge >= 0.3 is 0 Å². The molecule has 0 atom stereocenters. The van der Waals surface area contributed by atoms with Gasteiger partial charge in [-0.15, -0.1) is 0 Å². The second-order valence-electron chi connectivity index (χ2n) is 1.51. The van der Waals surface area contributed by atoms with E-state index in [4.69, 9.17) is 16.0 Å². The molecule has 0 saturated carbocycles. The highest BCUT2D eigenvalue weighted by atomic mass is 16.5. The Morgan fingerprint density at radius 3 is 2.89 bits per heavy atom. The minimum Gasteiger partial charge on any atom is -0.403 e. The molecule has 0 bridgehead atoms. The van der Waals surface area contributed by atoms with Gasteiger partial charge < -0.3 is 10.5 Å². The lowest BCUT2D eigenvalue weighted by Gasteiger charge is -1.95. The van der Waals surface area contributed by atoms with E-state index in [9.17, 15) is 0 Å². The van der Waals surface area contributed by atoms with Crippen LogP contribution in [0.3, 0.4) is 0 Å². The highest BCUT2D eigenvalue weighted by Gasteiger charge is 1.90. The lowest BCUT2D eigenvalue weighted by molar-refractivity contribution is 0.201. The zero-order valence-corrected chi connectivity index (χ0v) is 5.42. The van der Waals surface area contributed by atoms with Gasteiger partial charge in [-0.3, -0.25) is 0 Å². The predicted molar refractivity (Wildman–Crippen MR) is 33.9 cm³/mol. The highest BCUT2D eigenvalue weighted by Crippen LogP contribution is 1.98. The lowest BCUT2D eigenvalue weighted by atomic mass is 10.3. The number of hydrogen-bond acceptors (Lipinski definition) is 4. The Morgan fingerprint density at radius 2 is 2.56 bits per heavy atom. The van der Waals surface area contributed by atoms with E-state index in [1.165, 1.54) is 6.20 Å². The maximum atomic E-state index is 6.56. The molecular weight excluding hydrogens is 118 g/mol. The van der Waals surface area contributed by atoms with E-state index in [2.05, 4.69) is 5.11 Å². The summed E-state index contributed by atoms with van der Waals surface area (Å²) in [5.41, 5.74) is 12.2. The van der Waals surface area contributed by atoms with Gasteiger partial charge in [-0.1, -0.05) is 0 Å². The Morgan fingerprint density at radius 1 is 1.89 bits per heavy atom. The molecule has 0 aromatic rings. The van der Waals surface area contributed by atoms with Crippen molar-refractivity contribution in [2.45, 2.75) is 6.42 Å². The Kier molecular flexibility index (Phi) is 4.72. The fourth-order valence-electron chi connectivity index (χ4n) is 0.383. The van der Waals surface area contributed by atoms with Crippen LogP contribution in [-0.2, 0) is 4.74 Å². The van der Waals surface area contributed by atoms with Crippen LogP contribution in [0.2, 0.25) is 0 Å². The molecule has 4 nitrogen and oxygen atoms in total. The van der Waals surface area contributed by atoms with Crippen molar-refractivity contribution in [3.63, 3.8) is 0 Å². The SMILES string of the molecule is COCC/C(=C/N)N=N. The number of nitrogens with one attached hydrogen (secondary N) is 1. The topological polar surface area (TPSA) is 71.5 Å². The number of ether oxygens (including phenoxy) is 1. The molecule has 0 aromatic carbocycles. The molecule has 0 amide bonds. The number of methoxy groups -OCH3 is 1. The molecule has 0 aliphatic rings. The molecule has 0 saturated heterocycles. The third-order valence-corrected chi connectivity index (χ3v) is 0.898. The maximum absolute atomic E-state index is 6.56. The van der Waals surface area contributed by atoms with Crippen LogP contribution in [-0.4, -0.2) is 13.7 Å². The molecule has 0 spiro atoms. The average Bonchev–Trinajstić information content (AvgIpc) is 1.91. The van der Waals surface area contributed by atoms with Crippen LogP contribution in [0.25, 0.3) is 0 Å². The van der Waals surface area contributed by atoms with Gasteiger partial charge in [-0.25, -0.2) is 5.53 Å². The van der Waals surface area contributed by atoms with Gasteiger partial charge in [0, 0.05) is 19.7 Å². The third kappa shape index (κ3) is 3.66. The molecule has 0 radical (unpaired) electrons. The Hall–Kier alpha value is -0.900. The molecule has 0 aromatic heterocycles. The number of nitrogens with zero attached hydrogens (tertiary/aromatic N) is 1. The number of hydrogen-bond donors (Lipinski definition) is 2. The van der Waals surface area contributed by atoms with Crippen molar-refractivity contribution in [2.75, 3.05) is 13.7 Å². The van der Waals surface area contributed by atoms with Crippen molar-refractivity contribution in [2.24, 2.45) is 10.8 Å². The van der Waals surface area contributed by atoms with E-state index in [0.29, 0.717) is 18.7 Å². The highest BCUT2D eigenvalue weighted by molar-refractivity contribution is 4.94. The van der Waals surface area contributed by atoms with Crippen LogP contribution < -0.4 is 5.73 Å². The molecule has 0 fully saturated rings. The molecule has 0 aliphatic heterocycles. The summed E-state index contributed by atoms with van der Waals surface area (Å²) >= 11 is 0. The summed E-state index contributed by atoms with van der Waals surface area (Å²) in [6.07, 6.45) is 1.92. The average molecular weight is 129 g/mol. The molecule has 52 valence electrons. The smallest absolute Gasteiger partial charge is 0.0800 e. The first kappa shape index (κ1) is 8.10. The fourth-order valence-corrected chi connectivity index (χ4v) is 0.383. The van der Waals surface area contributed by atoms with E-state index in [0.717, 1.165) is 0 Å². The first-order chi connectivity index (χ1) is 4.35. The third-order valence-electron chi connectivity index (χ3n) is 0.898. The maximum Gasteiger partial charge on any atom is 0.0800 e. The zero-order valence-electron chi connectivity index (χ0n) is 5.42. The number of rotatable bonds is 4. The van der Waals surface area contributed by atoms with Crippen LogP contribution in [0.1, 0.15) is 6.42 Å². The molecule has 0 aliphatic carbocycles. The molecule has 0 heterocycles. The summed E-state index contributed by atoms with van der Waals surface area (Å²) in [7, 11) is 1.60. The van der Waals surface area contributed by atoms with Gasteiger partial charge in [0.25, 0.3) is 0 Å². The minimum absolute atomic E-state index is 0.553. The van der Waals surface area contributed by atoms with Gasteiger partial charge in [0.1, 0.15) is 0 Å². The first-order valence-electron chi connectivity index (χ1n) is 2.62. The Labute approximate surface area is 54.2 Å². The van der Waals surface area contributed by atoms with Crippen molar-refractivity contribution in [3.8, 4) is 0 Å². The van der Waals surface area contributed by atoms with Crippen LogP contribution in [0, 0.1) is 5.53 Å². The summed E-state index contributed by atoms with van der Waals surface area (Å²) in [4.78, 5) is 0. The van der Waals surface area contributed by atoms with Gasteiger partial charge in [-0.2, -0.15) is 5.11 Å². The van der Waals surface area contributed by atoms with Crippen LogP contribution in [0.5, 0.6) is 0 Å². The van der Waals surface area contributed by atoms with E-state index in [-0.39, 0.29) is 0 Å². The molecule has 9 heavy (non-hydrogen) atoms. The van der Waals surface area contributed by atoms with Gasteiger partial charge in [0.05, 0.1) is 12.3 Å². The van der Waals surface area contributed by atoms with Crippen molar-refractivity contribution in [3.05, 3.63) is 11.9 Å². The monoisotopic (exact) mass is 129 g/mol. The minimum atomic E-state index is 0.553. The normalized spacial score (nSPS) is 11.4. The second-order valence-corrected chi connectivity index (χ2v) is 1.51. The summed E-state index contributed by atoms with van der Waals surface area (Å²) in [5.74, 6) is 0. The second kappa shape index (κ2) is 5.24. The van der Waals surface area contributed by atoms with E-state index < -0.39 is 0 Å². The van der Waals surface area contributed by atoms with Gasteiger partial charge in [0.2, 0.25) is 0 Å². The summed E-state index contributed by atoms with van der Waals surface area (Å²) in [5, 5.41) is 3.15. The Bertz CT molecular complexity index is 111. The summed E-state index contributed by atoms with van der Waals surface area (Å²) in [6, 6.07) is 0. The molecule has 4 heteroatoms. The lowest BCUT2D eigenvalue weighted by Crippen LogP contribution is -1.92. The standard InChI is InChI=1S/C5H11N3O/c1-9-3-2-5(4-6)8-7/h4,7H,2-3,6H2,1H3/b5-4-,8-7?. The number of nitrogens with two attached hydrogens (primary N) is 1. The molecule has 3 N–H and O–H groups in total. The predicted octanol–water partition coefficient (Wildman–Crippen LogP) is 0.854. The molecule has 0 rings (SSSR count). The summed E-state index contributed by atoms with van der Waals surface area (Å²) in [6.45, 7) is 0.561. The Balaban J connectivity index is 3.45. The molecular formula is C5H11N3O. The zero-order chi connectivity index (χ0) is 7.11. The van der Waals surface area contributed by atoms with E-state index in [1.807, 2.05) is 0 Å². The van der Waals surface area contributed by atoms with Gasteiger partial charge in [0.15, 0.2) is 0 Å². The van der Waals surface area contributed by atoms with E-state index >= 15 is 0 Å².